The van der Waals surface area contributed by atoms with Gasteiger partial charge in [-0.2, -0.15) is 5.26 Å². The van der Waals surface area contributed by atoms with Crippen molar-refractivity contribution < 1.29 is 10.2 Å². The second-order valence-corrected chi connectivity index (χ2v) is 3.23. The Labute approximate surface area is 88.8 Å². The molecule has 3 N–H and O–H groups in total. The van der Waals surface area contributed by atoms with E-state index in [1.807, 2.05) is 6.07 Å². The van der Waals surface area contributed by atoms with E-state index >= 15 is 0 Å². The fourth-order valence-electron chi connectivity index (χ4n) is 1.23. The summed E-state index contributed by atoms with van der Waals surface area (Å²) in [6.45, 7) is 1.44. The van der Waals surface area contributed by atoms with Gasteiger partial charge in [-0.05, 0) is 30.7 Å². The molecule has 15 heavy (non-hydrogen) atoms. The number of hydrogen-bond donors (Lipinski definition) is 3. The van der Waals surface area contributed by atoms with Crippen LogP contribution in [-0.4, -0.2) is 23.3 Å². The molecule has 0 unspecified atom stereocenters. The second-order valence-electron chi connectivity index (χ2n) is 3.23. The van der Waals surface area contributed by atoms with Crippen molar-refractivity contribution in [1.29, 1.82) is 5.26 Å². The summed E-state index contributed by atoms with van der Waals surface area (Å²) in [7, 11) is 0. The van der Waals surface area contributed by atoms with E-state index in [1.165, 1.54) is 6.07 Å². The first-order chi connectivity index (χ1) is 7.24. The number of nitriles is 1. The van der Waals surface area contributed by atoms with Crippen molar-refractivity contribution in [2.75, 3.05) is 13.1 Å². The molecule has 1 aromatic carbocycles. The second kappa shape index (κ2) is 5.89. The Morgan fingerprint density at radius 1 is 1.20 bits per heavy atom. The fourth-order valence-corrected chi connectivity index (χ4v) is 1.23. The number of hydrogen-bond acceptors (Lipinski definition) is 4. The van der Waals surface area contributed by atoms with Crippen molar-refractivity contribution >= 4 is 0 Å². The first-order valence-corrected chi connectivity index (χ1v) is 4.82. The molecular formula is C11H14N2O2. The molecule has 0 saturated heterocycles. The van der Waals surface area contributed by atoms with Crippen LogP contribution in [0.5, 0.6) is 11.5 Å². The van der Waals surface area contributed by atoms with E-state index in [9.17, 15) is 5.11 Å². The summed E-state index contributed by atoms with van der Waals surface area (Å²) in [5.41, 5.74) is 0.953. The molecule has 0 aliphatic carbocycles. The van der Waals surface area contributed by atoms with E-state index in [-0.39, 0.29) is 11.5 Å². The van der Waals surface area contributed by atoms with Crippen molar-refractivity contribution in [3.63, 3.8) is 0 Å². The lowest BCUT2D eigenvalue weighted by atomic mass is 10.1. The van der Waals surface area contributed by atoms with Crippen LogP contribution in [0.15, 0.2) is 18.2 Å². The van der Waals surface area contributed by atoms with Gasteiger partial charge in [0, 0.05) is 13.0 Å². The molecule has 0 fully saturated rings. The minimum atomic E-state index is -0.101. The summed E-state index contributed by atoms with van der Waals surface area (Å²) >= 11 is 0. The summed E-state index contributed by atoms with van der Waals surface area (Å²) in [6.07, 6.45) is 1.26. The zero-order valence-electron chi connectivity index (χ0n) is 8.40. The molecule has 4 nitrogen and oxygen atoms in total. The highest BCUT2D eigenvalue weighted by molar-refractivity contribution is 5.40. The van der Waals surface area contributed by atoms with Gasteiger partial charge in [-0.3, -0.25) is 0 Å². The smallest absolute Gasteiger partial charge is 0.157 e. The van der Waals surface area contributed by atoms with Crippen LogP contribution >= 0.6 is 0 Å². The molecule has 0 amide bonds. The Morgan fingerprint density at radius 3 is 2.67 bits per heavy atom. The van der Waals surface area contributed by atoms with Crippen molar-refractivity contribution in [3.8, 4) is 17.6 Å². The zero-order valence-corrected chi connectivity index (χ0v) is 8.40. The van der Waals surface area contributed by atoms with Crippen LogP contribution < -0.4 is 5.32 Å². The van der Waals surface area contributed by atoms with Gasteiger partial charge in [0.1, 0.15) is 0 Å². The highest BCUT2D eigenvalue weighted by atomic mass is 16.3. The molecule has 4 heteroatoms. The Bertz CT molecular complexity index is 358. The number of phenols is 2. The fraction of sp³-hybridized carbons (Fsp3) is 0.364. The molecule has 0 aliphatic heterocycles. The minimum absolute atomic E-state index is 0.0930. The maximum Gasteiger partial charge on any atom is 0.157 e. The quantitative estimate of drug-likeness (QED) is 0.499. The van der Waals surface area contributed by atoms with E-state index in [0.29, 0.717) is 13.0 Å². The monoisotopic (exact) mass is 206 g/mol. The molecule has 0 bridgehead atoms. The van der Waals surface area contributed by atoms with E-state index in [4.69, 9.17) is 10.4 Å². The lowest BCUT2D eigenvalue weighted by Crippen LogP contribution is -2.17. The van der Waals surface area contributed by atoms with Gasteiger partial charge >= 0.3 is 0 Å². The van der Waals surface area contributed by atoms with E-state index in [2.05, 4.69) is 5.32 Å². The number of benzene rings is 1. The molecule has 0 aliphatic rings. The van der Waals surface area contributed by atoms with Crippen molar-refractivity contribution in [2.45, 2.75) is 12.8 Å². The lowest BCUT2D eigenvalue weighted by Gasteiger charge is -2.04. The Kier molecular flexibility index (Phi) is 4.45. The molecule has 0 saturated carbocycles. The van der Waals surface area contributed by atoms with Gasteiger partial charge in [-0.1, -0.05) is 6.07 Å². The first-order valence-electron chi connectivity index (χ1n) is 4.82. The van der Waals surface area contributed by atoms with Gasteiger partial charge in [0.15, 0.2) is 11.5 Å². The molecule has 0 radical (unpaired) electrons. The highest BCUT2D eigenvalue weighted by Crippen LogP contribution is 2.24. The minimum Gasteiger partial charge on any atom is -0.504 e. The van der Waals surface area contributed by atoms with Crippen LogP contribution in [0.25, 0.3) is 0 Å². The number of rotatable bonds is 5. The summed E-state index contributed by atoms with van der Waals surface area (Å²) in [6, 6.07) is 6.83. The van der Waals surface area contributed by atoms with Gasteiger partial charge in [0.2, 0.25) is 0 Å². The van der Waals surface area contributed by atoms with Gasteiger partial charge in [-0.25, -0.2) is 0 Å². The number of nitrogens with zero attached hydrogens (tertiary/aromatic N) is 1. The summed E-state index contributed by atoms with van der Waals surface area (Å²) in [5.74, 6) is -0.194. The number of phenolic OH excluding ortho intramolecular Hbond substituents is 2. The predicted octanol–water partition coefficient (Wildman–Crippen LogP) is 1.14. The molecular weight excluding hydrogens is 192 g/mol. The van der Waals surface area contributed by atoms with Gasteiger partial charge in [0.25, 0.3) is 0 Å². The zero-order chi connectivity index (χ0) is 11.1. The maximum absolute atomic E-state index is 9.23. The third kappa shape index (κ3) is 3.88. The number of nitrogens with one attached hydrogen (secondary N) is 1. The van der Waals surface area contributed by atoms with Gasteiger partial charge < -0.3 is 15.5 Å². The third-order valence-electron chi connectivity index (χ3n) is 2.04. The van der Waals surface area contributed by atoms with Crippen LogP contribution in [0, 0.1) is 11.3 Å². The molecule has 0 heterocycles. The van der Waals surface area contributed by atoms with Gasteiger partial charge in [-0.15, -0.1) is 0 Å². The van der Waals surface area contributed by atoms with Crippen LogP contribution in [0.3, 0.4) is 0 Å². The normalized spacial score (nSPS) is 9.80. The molecule has 0 atom stereocenters. The Morgan fingerprint density at radius 2 is 2.00 bits per heavy atom. The van der Waals surface area contributed by atoms with Crippen LogP contribution in [0.2, 0.25) is 0 Å². The SMILES string of the molecule is N#CCCNCCc1ccc(O)c(O)c1. The van der Waals surface area contributed by atoms with Crippen LogP contribution in [0.4, 0.5) is 0 Å². The largest absolute Gasteiger partial charge is 0.504 e. The maximum atomic E-state index is 9.23. The van der Waals surface area contributed by atoms with E-state index in [1.54, 1.807) is 12.1 Å². The summed E-state index contributed by atoms with van der Waals surface area (Å²) in [4.78, 5) is 0. The summed E-state index contributed by atoms with van der Waals surface area (Å²) in [5, 5.41) is 29.7. The first kappa shape index (κ1) is 11.3. The summed E-state index contributed by atoms with van der Waals surface area (Å²) < 4.78 is 0. The van der Waals surface area contributed by atoms with Crippen molar-refractivity contribution in [1.82, 2.24) is 5.32 Å². The Balaban J connectivity index is 2.32. The number of aromatic hydroxyl groups is 2. The molecule has 0 aromatic heterocycles. The predicted molar refractivity (Wildman–Crippen MR) is 56.6 cm³/mol. The average molecular weight is 206 g/mol. The Hall–Kier alpha value is -1.73. The highest BCUT2D eigenvalue weighted by Gasteiger charge is 1.99. The third-order valence-corrected chi connectivity index (χ3v) is 2.04. The van der Waals surface area contributed by atoms with E-state index < -0.39 is 0 Å². The van der Waals surface area contributed by atoms with Crippen LogP contribution in [-0.2, 0) is 6.42 Å². The molecule has 1 aromatic rings. The standard InChI is InChI=1S/C11H14N2O2/c12-5-1-6-13-7-4-9-2-3-10(14)11(15)8-9/h2-3,8,13-15H,1,4,6-7H2. The van der Waals surface area contributed by atoms with E-state index in [0.717, 1.165) is 18.5 Å². The molecule has 0 spiro atoms. The van der Waals surface area contributed by atoms with Crippen LogP contribution in [0.1, 0.15) is 12.0 Å². The van der Waals surface area contributed by atoms with Crippen molar-refractivity contribution in [2.24, 2.45) is 0 Å². The van der Waals surface area contributed by atoms with Crippen molar-refractivity contribution in [3.05, 3.63) is 23.8 Å². The molecule has 1 rings (SSSR count). The topological polar surface area (TPSA) is 76.3 Å². The average Bonchev–Trinajstić information content (AvgIpc) is 2.23. The van der Waals surface area contributed by atoms with Gasteiger partial charge in [0.05, 0.1) is 6.07 Å². The molecule has 80 valence electrons. The lowest BCUT2D eigenvalue weighted by molar-refractivity contribution is 0.403.